The summed E-state index contributed by atoms with van der Waals surface area (Å²) in [5, 5.41) is 20.7. The number of amides is 1. The molecule has 2 rings (SSSR count). The Bertz CT molecular complexity index is 423. The topological polar surface area (TPSA) is 155 Å². The van der Waals surface area contributed by atoms with Gasteiger partial charge in [-0.05, 0) is 6.42 Å². The molecule has 0 aromatic carbocycles. The fourth-order valence-electron chi connectivity index (χ4n) is 2.66. The second-order valence-electron chi connectivity index (χ2n) is 5.29. The van der Waals surface area contributed by atoms with Crippen molar-refractivity contribution in [2.24, 2.45) is 5.73 Å². The summed E-state index contributed by atoms with van der Waals surface area (Å²) < 4.78 is 16.8. The van der Waals surface area contributed by atoms with E-state index < -0.39 is 42.0 Å². The van der Waals surface area contributed by atoms with E-state index in [4.69, 9.17) is 25.1 Å². The molecule has 132 valence electrons. The maximum Gasteiger partial charge on any atom is 0.294 e. The van der Waals surface area contributed by atoms with Crippen LogP contribution in [0.25, 0.3) is 0 Å². The fraction of sp³-hybridized carbons (Fsp3) is 0.917. The van der Waals surface area contributed by atoms with Crippen LogP contribution in [-0.2, 0) is 23.8 Å². The van der Waals surface area contributed by atoms with Gasteiger partial charge in [-0.2, -0.15) is 0 Å². The van der Waals surface area contributed by atoms with E-state index >= 15 is 0 Å². The number of carbonyl (C=O) groups is 1. The molecule has 0 radical (unpaired) electrons. The summed E-state index contributed by atoms with van der Waals surface area (Å²) in [6.45, 7) is 0.275. The number of aliphatic hydroxyl groups excluding tert-OH is 1. The first-order chi connectivity index (χ1) is 11.0. The van der Waals surface area contributed by atoms with Crippen LogP contribution in [-0.4, -0.2) is 79.5 Å². The van der Waals surface area contributed by atoms with Crippen molar-refractivity contribution in [2.45, 2.75) is 36.9 Å². The quantitative estimate of drug-likeness (QED) is 0.308. The Morgan fingerprint density at radius 2 is 2.04 bits per heavy atom. The summed E-state index contributed by atoms with van der Waals surface area (Å²) in [7, 11) is 0. The highest BCUT2D eigenvalue weighted by molar-refractivity contribution is 5.76. The molecule has 23 heavy (non-hydrogen) atoms. The molecule has 5 atom stereocenters. The molecule has 0 aromatic rings. The summed E-state index contributed by atoms with van der Waals surface area (Å²) in [6.07, 6.45) is -2.02. The summed E-state index contributed by atoms with van der Waals surface area (Å²) in [6, 6.07) is 0. The van der Waals surface area contributed by atoms with E-state index in [1.54, 1.807) is 0 Å². The van der Waals surface area contributed by atoms with Crippen LogP contribution >= 0.6 is 0 Å². The molecule has 0 saturated carbocycles. The number of aliphatic hydroxyl groups is 1. The molecule has 0 spiro atoms. The third-order valence-electron chi connectivity index (χ3n) is 3.75. The summed E-state index contributed by atoms with van der Waals surface area (Å²) in [5.41, 5.74) is 5.65. The summed E-state index contributed by atoms with van der Waals surface area (Å²) in [4.78, 5) is 25.9. The minimum Gasteiger partial charge on any atom is -0.387 e. The zero-order chi connectivity index (χ0) is 16.8. The SMILES string of the molecule is NCC(CCNC(=O)CO)O[C@H]1CO[C@@H]2C(O[N+](=O)[O-])CO[C@H]12. The smallest absolute Gasteiger partial charge is 0.294 e. The summed E-state index contributed by atoms with van der Waals surface area (Å²) in [5.74, 6) is -0.469. The fourth-order valence-corrected chi connectivity index (χ4v) is 2.66. The first-order valence-corrected chi connectivity index (χ1v) is 7.32. The lowest BCUT2D eigenvalue weighted by Crippen LogP contribution is -2.39. The lowest BCUT2D eigenvalue weighted by Gasteiger charge is -2.23. The normalized spacial score (nSPS) is 30.7. The molecule has 1 amide bonds. The minimum absolute atomic E-state index is 0.0655. The average molecular weight is 335 g/mol. The van der Waals surface area contributed by atoms with Gasteiger partial charge in [0, 0.05) is 13.1 Å². The zero-order valence-corrected chi connectivity index (χ0v) is 12.5. The van der Waals surface area contributed by atoms with E-state index in [0.29, 0.717) is 13.0 Å². The van der Waals surface area contributed by atoms with Gasteiger partial charge in [0.1, 0.15) is 24.9 Å². The van der Waals surface area contributed by atoms with Gasteiger partial charge >= 0.3 is 0 Å². The first-order valence-electron chi connectivity index (χ1n) is 7.32. The lowest BCUT2D eigenvalue weighted by atomic mass is 10.1. The zero-order valence-electron chi connectivity index (χ0n) is 12.5. The average Bonchev–Trinajstić information content (AvgIpc) is 3.09. The van der Waals surface area contributed by atoms with Crippen LogP contribution in [0, 0.1) is 10.1 Å². The van der Waals surface area contributed by atoms with Gasteiger partial charge in [0.25, 0.3) is 5.09 Å². The first kappa shape index (κ1) is 17.8. The van der Waals surface area contributed by atoms with Crippen molar-refractivity contribution in [1.82, 2.24) is 5.32 Å². The largest absolute Gasteiger partial charge is 0.387 e. The predicted octanol–water partition coefficient (Wildman–Crippen LogP) is -2.43. The Kier molecular flexibility index (Phi) is 6.47. The van der Waals surface area contributed by atoms with Gasteiger partial charge in [0.15, 0.2) is 6.10 Å². The van der Waals surface area contributed by atoms with Crippen LogP contribution < -0.4 is 11.1 Å². The van der Waals surface area contributed by atoms with E-state index in [1.807, 2.05) is 0 Å². The predicted molar refractivity (Wildman–Crippen MR) is 73.8 cm³/mol. The number of nitrogens with two attached hydrogens (primary N) is 1. The Morgan fingerprint density at radius 1 is 1.39 bits per heavy atom. The Morgan fingerprint density at radius 3 is 2.65 bits per heavy atom. The van der Waals surface area contributed by atoms with Crippen LogP contribution in [0.15, 0.2) is 0 Å². The molecule has 2 unspecified atom stereocenters. The minimum atomic E-state index is -0.861. The van der Waals surface area contributed by atoms with Gasteiger partial charge in [0.2, 0.25) is 5.91 Å². The van der Waals surface area contributed by atoms with Gasteiger partial charge in [-0.1, -0.05) is 0 Å². The Hall–Kier alpha value is -1.53. The highest BCUT2D eigenvalue weighted by Gasteiger charge is 2.50. The highest BCUT2D eigenvalue weighted by atomic mass is 17.0. The molecule has 2 aliphatic rings. The highest BCUT2D eigenvalue weighted by Crippen LogP contribution is 2.31. The molecule has 11 nitrogen and oxygen atoms in total. The van der Waals surface area contributed by atoms with Crippen molar-refractivity contribution < 1.29 is 34.0 Å². The molecule has 2 fully saturated rings. The second-order valence-corrected chi connectivity index (χ2v) is 5.29. The van der Waals surface area contributed by atoms with Crippen molar-refractivity contribution in [3.8, 4) is 0 Å². The number of hydrogen-bond acceptors (Lipinski definition) is 9. The third kappa shape index (κ3) is 4.72. The molecule has 2 saturated heterocycles. The molecule has 2 aliphatic heterocycles. The van der Waals surface area contributed by atoms with E-state index in [-0.39, 0.29) is 25.9 Å². The molecule has 2 heterocycles. The number of carbonyl (C=O) groups excluding carboxylic acids is 1. The second kappa shape index (κ2) is 8.36. The van der Waals surface area contributed by atoms with Crippen molar-refractivity contribution >= 4 is 5.91 Å². The molecule has 11 heteroatoms. The number of hydrogen-bond donors (Lipinski definition) is 3. The number of nitrogens with zero attached hydrogens (tertiary/aromatic N) is 1. The van der Waals surface area contributed by atoms with Crippen LogP contribution in [0.3, 0.4) is 0 Å². The van der Waals surface area contributed by atoms with E-state index in [2.05, 4.69) is 10.2 Å². The van der Waals surface area contributed by atoms with E-state index in [1.165, 1.54) is 0 Å². The maximum absolute atomic E-state index is 11.0. The Balaban J connectivity index is 1.78. The van der Waals surface area contributed by atoms with Crippen LogP contribution in [0.2, 0.25) is 0 Å². The Labute approximate surface area is 132 Å². The molecule has 0 bridgehead atoms. The standard InChI is InChI=1S/C12H21N3O8/c13-3-7(1-2-14-10(17)4-16)22-8-5-20-12-9(23-15(18)19)6-21-11(8)12/h7-9,11-12,16H,1-6,13H2,(H,14,17)/t7?,8-,9?,11+,12+/m0/s1. The van der Waals surface area contributed by atoms with Crippen molar-refractivity contribution in [1.29, 1.82) is 0 Å². The number of fused-ring (bicyclic) bond motifs is 1. The van der Waals surface area contributed by atoms with Crippen LogP contribution in [0.1, 0.15) is 6.42 Å². The molecule has 0 aliphatic carbocycles. The van der Waals surface area contributed by atoms with Gasteiger partial charge in [-0.25, -0.2) is 0 Å². The van der Waals surface area contributed by atoms with Crippen LogP contribution in [0.5, 0.6) is 0 Å². The maximum atomic E-state index is 11.0. The van der Waals surface area contributed by atoms with Gasteiger partial charge < -0.3 is 35.2 Å². The number of ether oxygens (including phenoxy) is 3. The third-order valence-corrected chi connectivity index (χ3v) is 3.75. The van der Waals surface area contributed by atoms with Crippen molar-refractivity contribution in [3.05, 3.63) is 10.1 Å². The molecular formula is C12H21N3O8. The van der Waals surface area contributed by atoms with Gasteiger partial charge in [-0.3, -0.25) is 4.79 Å². The van der Waals surface area contributed by atoms with Gasteiger partial charge in [0.05, 0.1) is 19.3 Å². The number of nitrogens with one attached hydrogen (secondary N) is 1. The van der Waals surface area contributed by atoms with Crippen molar-refractivity contribution in [3.63, 3.8) is 0 Å². The van der Waals surface area contributed by atoms with Gasteiger partial charge in [-0.15, -0.1) is 10.1 Å². The molecular weight excluding hydrogens is 314 g/mol. The van der Waals surface area contributed by atoms with Crippen LogP contribution in [0.4, 0.5) is 0 Å². The number of rotatable bonds is 9. The van der Waals surface area contributed by atoms with E-state index in [0.717, 1.165) is 0 Å². The molecule has 0 aromatic heterocycles. The van der Waals surface area contributed by atoms with Crippen molar-refractivity contribution in [2.75, 3.05) is 32.9 Å². The molecule has 4 N–H and O–H groups in total. The summed E-state index contributed by atoms with van der Waals surface area (Å²) >= 11 is 0. The monoisotopic (exact) mass is 335 g/mol. The van der Waals surface area contributed by atoms with E-state index in [9.17, 15) is 14.9 Å². The lowest BCUT2D eigenvalue weighted by molar-refractivity contribution is -0.769.